The molecule has 166 valence electrons. The molecule has 3 rings (SSSR count). The van der Waals surface area contributed by atoms with Gasteiger partial charge in [-0.05, 0) is 31.9 Å². The van der Waals surface area contributed by atoms with E-state index in [0.717, 1.165) is 0 Å². The number of carbonyl (C=O) groups excluding carboxylic acids is 2. The van der Waals surface area contributed by atoms with Crippen molar-refractivity contribution >= 4 is 12.0 Å². The molecule has 1 saturated heterocycles. The van der Waals surface area contributed by atoms with Crippen molar-refractivity contribution in [3.8, 4) is 0 Å². The van der Waals surface area contributed by atoms with Crippen LogP contribution in [-0.4, -0.2) is 60.1 Å². The molecule has 0 unspecified atom stereocenters. The van der Waals surface area contributed by atoms with Gasteiger partial charge >= 0.3 is 6.09 Å². The largest absolute Gasteiger partial charge is 0.444 e. The second-order valence-electron chi connectivity index (χ2n) is 8.92. The van der Waals surface area contributed by atoms with E-state index in [1.807, 2.05) is 57.2 Å². The van der Waals surface area contributed by atoms with E-state index in [1.54, 1.807) is 11.9 Å². The Balaban J connectivity index is 1.92. The zero-order valence-electron chi connectivity index (χ0n) is 18.9. The van der Waals surface area contributed by atoms with Crippen molar-refractivity contribution in [1.29, 1.82) is 0 Å². The van der Waals surface area contributed by atoms with Crippen molar-refractivity contribution in [3.05, 3.63) is 71.8 Å². The van der Waals surface area contributed by atoms with Crippen LogP contribution < -0.4 is 5.32 Å². The van der Waals surface area contributed by atoms with Crippen LogP contribution in [0.25, 0.3) is 0 Å². The van der Waals surface area contributed by atoms with Gasteiger partial charge in [0.2, 0.25) is 5.91 Å². The van der Waals surface area contributed by atoms with Gasteiger partial charge in [0.1, 0.15) is 5.60 Å². The zero-order chi connectivity index (χ0) is 22.4. The Morgan fingerprint density at radius 3 is 2.03 bits per heavy atom. The van der Waals surface area contributed by atoms with Gasteiger partial charge < -0.3 is 15.0 Å². The minimum Gasteiger partial charge on any atom is -0.444 e. The van der Waals surface area contributed by atoms with Gasteiger partial charge in [0.25, 0.3) is 0 Å². The first-order valence-corrected chi connectivity index (χ1v) is 10.8. The van der Waals surface area contributed by atoms with Crippen molar-refractivity contribution in [3.63, 3.8) is 0 Å². The molecule has 6 nitrogen and oxygen atoms in total. The van der Waals surface area contributed by atoms with E-state index in [4.69, 9.17) is 4.74 Å². The summed E-state index contributed by atoms with van der Waals surface area (Å²) in [5.74, 6) is -0.0408. The molecule has 0 spiro atoms. The number of rotatable bonds is 5. The van der Waals surface area contributed by atoms with Crippen LogP contribution in [0, 0.1) is 0 Å². The Hall–Kier alpha value is -2.86. The van der Waals surface area contributed by atoms with Crippen molar-refractivity contribution in [1.82, 2.24) is 15.1 Å². The number of piperazine rings is 1. The standard InChI is InChI=1S/C25H33N3O3/c1-25(2,3)31-24(30)27-15-16-28(21(18-27)17-22(29)26-4)23(19-11-7-5-8-12-19)20-13-9-6-10-14-20/h5-14,21,23H,15-18H2,1-4H3,(H,26,29)/t21-/m1/s1. The van der Waals surface area contributed by atoms with Gasteiger partial charge in [-0.1, -0.05) is 60.7 Å². The molecule has 1 aliphatic heterocycles. The Bertz CT molecular complexity index is 825. The third-order valence-electron chi connectivity index (χ3n) is 5.44. The van der Waals surface area contributed by atoms with Crippen LogP contribution in [0.4, 0.5) is 4.79 Å². The number of nitrogens with zero attached hydrogens (tertiary/aromatic N) is 2. The van der Waals surface area contributed by atoms with Crippen molar-refractivity contribution in [2.45, 2.75) is 44.9 Å². The Kier molecular flexibility index (Phi) is 7.33. The van der Waals surface area contributed by atoms with Crippen LogP contribution in [0.5, 0.6) is 0 Å². The molecule has 0 saturated carbocycles. The highest BCUT2D eigenvalue weighted by Crippen LogP contribution is 2.33. The second kappa shape index (κ2) is 9.96. The fraction of sp³-hybridized carbons (Fsp3) is 0.440. The van der Waals surface area contributed by atoms with Crippen LogP contribution in [0.3, 0.4) is 0 Å². The molecule has 0 aliphatic carbocycles. The Morgan fingerprint density at radius 1 is 1.00 bits per heavy atom. The van der Waals surface area contributed by atoms with Gasteiger partial charge in [0.05, 0.1) is 6.04 Å². The van der Waals surface area contributed by atoms with E-state index < -0.39 is 5.60 Å². The van der Waals surface area contributed by atoms with Gasteiger partial charge in [-0.25, -0.2) is 4.79 Å². The normalized spacial score (nSPS) is 17.5. The average Bonchev–Trinajstić information content (AvgIpc) is 2.75. The van der Waals surface area contributed by atoms with E-state index >= 15 is 0 Å². The third kappa shape index (κ3) is 6.07. The van der Waals surface area contributed by atoms with E-state index in [-0.39, 0.29) is 24.1 Å². The van der Waals surface area contributed by atoms with E-state index in [2.05, 4.69) is 34.5 Å². The van der Waals surface area contributed by atoms with Crippen LogP contribution in [0.1, 0.15) is 44.4 Å². The fourth-order valence-electron chi connectivity index (χ4n) is 4.05. The van der Waals surface area contributed by atoms with Gasteiger partial charge in [-0.15, -0.1) is 0 Å². The quantitative estimate of drug-likeness (QED) is 0.794. The summed E-state index contributed by atoms with van der Waals surface area (Å²) in [7, 11) is 1.65. The maximum atomic E-state index is 12.7. The summed E-state index contributed by atoms with van der Waals surface area (Å²) in [4.78, 5) is 29.1. The highest BCUT2D eigenvalue weighted by atomic mass is 16.6. The zero-order valence-corrected chi connectivity index (χ0v) is 18.9. The summed E-state index contributed by atoms with van der Waals surface area (Å²) in [6, 6.07) is 20.5. The summed E-state index contributed by atoms with van der Waals surface area (Å²) in [5.41, 5.74) is 1.78. The van der Waals surface area contributed by atoms with Crippen LogP contribution >= 0.6 is 0 Å². The number of nitrogens with one attached hydrogen (secondary N) is 1. The Morgan fingerprint density at radius 2 is 1.55 bits per heavy atom. The van der Waals surface area contributed by atoms with Gasteiger partial charge in [0, 0.05) is 39.1 Å². The first-order valence-electron chi connectivity index (χ1n) is 10.8. The van der Waals surface area contributed by atoms with Crippen molar-refractivity contribution < 1.29 is 14.3 Å². The number of carbonyl (C=O) groups is 2. The predicted molar refractivity (Wildman–Crippen MR) is 122 cm³/mol. The number of benzene rings is 2. The van der Waals surface area contributed by atoms with Crippen LogP contribution in [0.15, 0.2) is 60.7 Å². The monoisotopic (exact) mass is 423 g/mol. The molecule has 2 aromatic carbocycles. The SMILES string of the molecule is CNC(=O)C[C@@H]1CN(C(=O)OC(C)(C)C)CCN1C(c1ccccc1)c1ccccc1. The molecule has 2 aromatic rings. The first kappa shape index (κ1) is 22.8. The van der Waals surface area contributed by atoms with Gasteiger partial charge in [-0.2, -0.15) is 0 Å². The van der Waals surface area contributed by atoms with Crippen molar-refractivity contribution in [2.24, 2.45) is 0 Å². The third-order valence-corrected chi connectivity index (χ3v) is 5.44. The molecular formula is C25H33N3O3. The van der Waals surface area contributed by atoms with E-state index in [9.17, 15) is 9.59 Å². The molecular weight excluding hydrogens is 390 g/mol. The summed E-state index contributed by atoms with van der Waals surface area (Å²) in [5, 5.41) is 2.73. The maximum absolute atomic E-state index is 12.7. The highest BCUT2D eigenvalue weighted by Gasteiger charge is 2.37. The Labute approximate surface area is 185 Å². The van der Waals surface area contributed by atoms with Gasteiger partial charge in [0.15, 0.2) is 0 Å². The number of ether oxygens (including phenoxy) is 1. The molecule has 1 fully saturated rings. The lowest BCUT2D eigenvalue weighted by Gasteiger charge is -2.45. The number of hydrogen-bond donors (Lipinski definition) is 1. The molecule has 2 amide bonds. The second-order valence-corrected chi connectivity index (χ2v) is 8.92. The summed E-state index contributed by atoms with van der Waals surface area (Å²) < 4.78 is 5.59. The first-order chi connectivity index (χ1) is 14.8. The summed E-state index contributed by atoms with van der Waals surface area (Å²) >= 11 is 0. The lowest BCUT2D eigenvalue weighted by atomic mass is 9.93. The minimum absolute atomic E-state index is 0.00200. The highest BCUT2D eigenvalue weighted by molar-refractivity contribution is 5.76. The number of hydrogen-bond acceptors (Lipinski definition) is 4. The van der Waals surface area contributed by atoms with E-state index in [1.165, 1.54) is 11.1 Å². The average molecular weight is 424 g/mol. The number of amides is 2. The molecule has 1 heterocycles. The molecule has 1 N–H and O–H groups in total. The molecule has 0 bridgehead atoms. The molecule has 0 aromatic heterocycles. The van der Waals surface area contributed by atoms with E-state index in [0.29, 0.717) is 26.1 Å². The molecule has 6 heteroatoms. The molecule has 31 heavy (non-hydrogen) atoms. The minimum atomic E-state index is -0.554. The lowest BCUT2D eigenvalue weighted by molar-refractivity contribution is -0.122. The molecule has 0 radical (unpaired) electrons. The summed E-state index contributed by atoms with van der Waals surface area (Å²) in [6.07, 6.45) is -0.0172. The van der Waals surface area contributed by atoms with Crippen molar-refractivity contribution in [2.75, 3.05) is 26.7 Å². The topological polar surface area (TPSA) is 61.9 Å². The lowest BCUT2D eigenvalue weighted by Crippen LogP contribution is -2.57. The molecule has 1 aliphatic rings. The fourth-order valence-corrected chi connectivity index (χ4v) is 4.05. The predicted octanol–water partition coefficient (Wildman–Crippen LogP) is 3.83. The van der Waals surface area contributed by atoms with Crippen LogP contribution in [-0.2, 0) is 9.53 Å². The van der Waals surface area contributed by atoms with Gasteiger partial charge in [-0.3, -0.25) is 9.69 Å². The maximum Gasteiger partial charge on any atom is 0.410 e. The molecule has 1 atom stereocenters. The summed E-state index contributed by atoms with van der Waals surface area (Å²) in [6.45, 7) is 7.24. The smallest absolute Gasteiger partial charge is 0.410 e. The van der Waals surface area contributed by atoms with Crippen LogP contribution in [0.2, 0.25) is 0 Å².